The third-order valence-electron chi connectivity index (χ3n) is 0.882. The molecule has 0 heterocycles. The van der Waals surface area contributed by atoms with E-state index in [-0.39, 0.29) is 4.47 Å². The summed E-state index contributed by atoms with van der Waals surface area (Å²) in [6.07, 6.45) is 0. The lowest BCUT2D eigenvalue weighted by molar-refractivity contribution is 0.594. The fourth-order valence-corrected chi connectivity index (χ4v) is 0.821. The molecule has 0 aromatic heterocycles. The van der Waals surface area contributed by atoms with E-state index in [0.717, 1.165) is 18.2 Å². The predicted octanol–water partition coefficient (Wildman–Crippen LogP) is 3.44. The summed E-state index contributed by atoms with van der Waals surface area (Å²) >= 11 is 2.83. The predicted molar refractivity (Wildman–Crippen MR) is 54.7 cm³/mol. The number of hydrogen-bond acceptors (Lipinski definition) is 2. The number of halogens is 5. The average molecular weight is 328 g/mol. The topological polar surface area (TPSA) is 34.1 Å². The standard InChI is InChI=1S/C6H3BrF2.Cl2O2S/c7-5-3-4(8)1-2-6(5)9;1-5(2,3)4/h1-3H;. The van der Waals surface area contributed by atoms with E-state index < -0.39 is 19.9 Å². The lowest BCUT2D eigenvalue weighted by Gasteiger charge is -1.90. The Balaban J connectivity index is 0.000000292. The maximum atomic E-state index is 12.3. The van der Waals surface area contributed by atoms with Crippen molar-refractivity contribution in [2.24, 2.45) is 0 Å². The van der Waals surface area contributed by atoms with E-state index in [2.05, 4.69) is 37.3 Å². The van der Waals surface area contributed by atoms with Gasteiger partial charge in [0.1, 0.15) is 11.6 Å². The number of rotatable bonds is 0. The molecule has 0 aliphatic carbocycles. The van der Waals surface area contributed by atoms with Crippen LogP contribution in [0.3, 0.4) is 0 Å². The molecule has 8 heteroatoms. The first-order chi connectivity index (χ1) is 6.20. The van der Waals surface area contributed by atoms with E-state index in [9.17, 15) is 8.78 Å². The Morgan fingerprint density at radius 1 is 1.21 bits per heavy atom. The van der Waals surface area contributed by atoms with Crippen molar-refractivity contribution in [2.75, 3.05) is 0 Å². The van der Waals surface area contributed by atoms with E-state index >= 15 is 0 Å². The summed E-state index contributed by atoms with van der Waals surface area (Å²) in [6, 6.07) is 3.22. The number of benzene rings is 1. The van der Waals surface area contributed by atoms with Crippen LogP contribution in [0.25, 0.3) is 0 Å². The molecule has 0 radical (unpaired) electrons. The Morgan fingerprint density at radius 2 is 1.64 bits per heavy atom. The van der Waals surface area contributed by atoms with Crippen LogP contribution in [0.15, 0.2) is 22.7 Å². The van der Waals surface area contributed by atoms with E-state index in [0.29, 0.717) is 0 Å². The zero-order valence-corrected chi connectivity index (χ0v) is 10.3. The minimum atomic E-state index is -3.72. The van der Waals surface area contributed by atoms with Crippen LogP contribution in [0.2, 0.25) is 0 Å². The molecule has 0 atom stereocenters. The lowest BCUT2D eigenvalue weighted by atomic mass is 10.3. The van der Waals surface area contributed by atoms with Crippen molar-refractivity contribution < 1.29 is 17.2 Å². The summed E-state index contributed by atoms with van der Waals surface area (Å²) < 4.78 is 42.9. The third kappa shape index (κ3) is 8.68. The molecule has 0 aliphatic rings. The molecule has 0 aliphatic heterocycles. The van der Waals surface area contributed by atoms with Crippen LogP contribution in [0.5, 0.6) is 0 Å². The van der Waals surface area contributed by atoms with E-state index in [4.69, 9.17) is 8.42 Å². The van der Waals surface area contributed by atoms with Gasteiger partial charge in [-0.25, -0.2) is 8.78 Å². The molecule has 1 aromatic carbocycles. The molecule has 1 rings (SSSR count). The summed E-state index contributed by atoms with van der Waals surface area (Å²) in [6.45, 7) is 0. The summed E-state index contributed by atoms with van der Waals surface area (Å²) in [7, 11) is 4.81. The van der Waals surface area contributed by atoms with E-state index in [1.165, 1.54) is 0 Å². The zero-order valence-electron chi connectivity index (χ0n) is 6.35. The van der Waals surface area contributed by atoms with Gasteiger partial charge in [0.15, 0.2) is 0 Å². The van der Waals surface area contributed by atoms with Crippen molar-refractivity contribution in [2.45, 2.75) is 0 Å². The fourth-order valence-electron chi connectivity index (χ4n) is 0.470. The van der Waals surface area contributed by atoms with Gasteiger partial charge in [-0.05, 0) is 34.1 Å². The Morgan fingerprint density at radius 3 is 1.93 bits per heavy atom. The first-order valence-corrected chi connectivity index (χ1v) is 6.88. The van der Waals surface area contributed by atoms with Crippen molar-refractivity contribution in [1.82, 2.24) is 0 Å². The lowest BCUT2D eigenvalue weighted by Crippen LogP contribution is -1.77. The minimum Gasteiger partial charge on any atom is -0.207 e. The summed E-state index contributed by atoms with van der Waals surface area (Å²) in [5, 5.41) is 0. The summed E-state index contributed by atoms with van der Waals surface area (Å²) in [5.41, 5.74) is 0. The average Bonchev–Trinajstić information content (AvgIpc) is 1.94. The van der Waals surface area contributed by atoms with Crippen LogP contribution < -0.4 is 0 Å². The quantitative estimate of drug-likeness (QED) is 0.540. The van der Waals surface area contributed by atoms with Crippen molar-refractivity contribution in [3.63, 3.8) is 0 Å². The van der Waals surface area contributed by atoms with Crippen LogP contribution in [-0.4, -0.2) is 8.42 Å². The highest BCUT2D eigenvalue weighted by molar-refractivity contribution is 9.10. The van der Waals surface area contributed by atoms with Crippen LogP contribution in [0, 0.1) is 11.6 Å². The third-order valence-corrected chi connectivity index (χ3v) is 1.49. The van der Waals surface area contributed by atoms with E-state index in [1.54, 1.807) is 0 Å². The Kier molecular flexibility index (Phi) is 5.88. The van der Waals surface area contributed by atoms with Crippen LogP contribution in [-0.2, 0) is 8.26 Å². The van der Waals surface area contributed by atoms with Gasteiger partial charge in [-0.2, -0.15) is 8.42 Å². The van der Waals surface area contributed by atoms with Gasteiger partial charge in [0.05, 0.1) is 4.47 Å². The first kappa shape index (κ1) is 14.1. The molecule has 80 valence electrons. The van der Waals surface area contributed by atoms with Gasteiger partial charge in [0.25, 0.3) is 0 Å². The molecular formula is C6H3BrCl2F2O2S. The second-order valence-corrected chi connectivity index (χ2v) is 6.46. The highest BCUT2D eigenvalue weighted by Crippen LogP contribution is 2.15. The summed E-state index contributed by atoms with van der Waals surface area (Å²) in [4.78, 5) is 0. The molecule has 14 heavy (non-hydrogen) atoms. The number of hydrogen-bond donors (Lipinski definition) is 0. The van der Waals surface area contributed by atoms with Crippen molar-refractivity contribution in [1.29, 1.82) is 0 Å². The molecule has 0 unspecified atom stereocenters. The first-order valence-electron chi connectivity index (χ1n) is 2.95. The summed E-state index contributed by atoms with van der Waals surface area (Å²) in [5.74, 6) is -0.889. The van der Waals surface area contributed by atoms with Gasteiger partial charge in [-0.3, -0.25) is 0 Å². The molecule has 0 spiro atoms. The Labute approximate surface area is 96.9 Å². The molecule has 0 fully saturated rings. The molecular weight excluding hydrogens is 325 g/mol. The zero-order chi connectivity index (χ0) is 11.4. The SMILES string of the molecule is Fc1ccc(F)c(Br)c1.O=S(=O)(Cl)Cl. The Hall–Kier alpha value is 0.0900. The van der Waals surface area contributed by atoms with Gasteiger partial charge < -0.3 is 0 Å². The largest absolute Gasteiger partial charge is 0.317 e. The monoisotopic (exact) mass is 326 g/mol. The van der Waals surface area contributed by atoms with Gasteiger partial charge in [-0.1, -0.05) is 0 Å². The van der Waals surface area contributed by atoms with Crippen LogP contribution in [0.4, 0.5) is 8.78 Å². The van der Waals surface area contributed by atoms with Crippen molar-refractivity contribution in [3.8, 4) is 0 Å². The van der Waals surface area contributed by atoms with Crippen LogP contribution in [0.1, 0.15) is 0 Å². The highest BCUT2D eigenvalue weighted by Gasteiger charge is 1.97. The normalized spacial score (nSPS) is 10.4. The van der Waals surface area contributed by atoms with Crippen LogP contribution >= 0.6 is 37.3 Å². The van der Waals surface area contributed by atoms with E-state index in [1.807, 2.05) is 0 Å². The highest BCUT2D eigenvalue weighted by atomic mass is 79.9. The minimum absolute atomic E-state index is 0.155. The van der Waals surface area contributed by atoms with Crippen molar-refractivity contribution >= 4 is 45.6 Å². The maximum absolute atomic E-state index is 12.3. The molecule has 0 saturated carbocycles. The van der Waals surface area contributed by atoms with Gasteiger partial charge in [0, 0.05) is 21.4 Å². The van der Waals surface area contributed by atoms with Crippen molar-refractivity contribution in [3.05, 3.63) is 34.3 Å². The molecule has 0 amide bonds. The molecule has 0 N–H and O–H groups in total. The Bertz CT molecular complexity index is 402. The van der Waals surface area contributed by atoms with Gasteiger partial charge in [0.2, 0.25) is 0 Å². The maximum Gasteiger partial charge on any atom is 0.317 e. The van der Waals surface area contributed by atoms with Gasteiger partial charge in [-0.15, -0.1) is 0 Å². The fraction of sp³-hybridized carbons (Fsp3) is 0. The molecule has 0 saturated heterocycles. The second kappa shape index (κ2) is 5.85. The molecule has 2 nitrogen and oxygen atoms in total. The molecule has 1 aromatic rings. The van der Waals surface area contributed by atoms with Gasteiger partial charge >= 0.3 is 8.26 Å². The second-order valence-electron chi connectivity index (χ2n) is 1.94. The molecule has 0 bridgehead atoms. The smallest absolute Gasteiger partial charge is 0.207 e.